The minimum atomic E-state index is 0. The Kier molecular flexibility index (Phi) is 2.90. The highest BCUT2D eigenvalue weighted by Gasteiger charge is 2.50. The zero-order chi connectivity index (χ0) is 10.6. The molecule has 2 atom stereocenters. The minimum Gasteiger partial charge on any atom is -1.00 e. The molecule has 0 amide bonds. The zero-order valence-corrected chi connectivity index (χ0v) is 12.1. The molecule has 0 N–H and O–H groups in total. The molecule has 88 valence electrons. The maximum atomic E-state index is 5.37. The van der Waals surface area contributed by atoms with Crippen molar-refractivity contribution in [3.05, 3.63) is 23.6 Å². The third-order valence-electron chi connectivity index (χ3n) is 4.04. The summed E-state index contributed by atoms with van der Waals surface area (Å²) in [6.07, 6.45) is 4.98. The highest BCUT2D eigenvalue weighted by atomic mass is 127. The predicted molar refractivity (Wildman–Crippen MR) is 58.1 cm³/mol. The molecule has 2 aliphatic heterocycles. The SMILES string of the molecule is Cc1cc(C2=CC3CCC2[N+]3(C)C)on1.[I-]. The first kappa shape index (κ1) is 12.1. The van der Waals surface area contributed by atoms with Gasteiger partial charge in [-0.15, -0.1) is 0 Å². The molecule has 16 heavy (non-hydrogen) atoms. The predicted octanol–water partition coefficient (Wildman–Crippen LogP) is -1.01. The van der Waals surface area contributed by atoms with Gasteiger partial charge in [0.2, 0.25) is 0 Å². The van der Waals surface area contributed by atoms with Crippen molar-refractivity contribution in [3.63, 3.8) is 0 Å². The average molecular weight is 332 g/mol. The summed E-state index contributed by atoms with van der Waals surface area (Å²) in [7, 11) is 4.63. The van der Waals surface area contributed by atoms with E-state index in [4.69, 9.17) is 4.52 Å². The van der Waals surface area contributed by atoms with Crippen molar-refractivity contribution in [2.45, 2.75) is 31.8 Å². The number of hydrogen-bond acceptors (Lipinski definition) is 2. The van der Waals surface area contributed by atoms with Gasteiger partial charge in [0, 0.05) is 18.9 Å². The second-order valence-corrected chi connectivity index (χ2v) is 5.24. The fraction of sp³-hybridized carbons (Fsp3) is 0.583. The van der Waals surface area contributed by atoms with Gasteiger partial charge in [0.15, 0.2) is 5.76 Å². The molecule has 0 aliphatic carbocycles. The Morgan fingerprint density at radius 3 is 2.56 bits per heavy atom. The van der Waals surface area contributed by atoms with Gasteiger partial charge in [0.05, 0.1) is 25.4 Å². The highest BCUT2D eigenvalue weighted by molar-refractivity contribution is 5.68. The van der Waals surface area contributed by atoms with E-state index in [1.54, 1.807) is 0 Å². The fourth-order valence-corrected chi connectivity index (χ4v) is 3.08. The smallest absolute Gasteiger partial charge is 0.168 e. The summed E-state index contributed by atoms with van der Waals surface area (Å²) in [5.74, 6) is 0.978. The van der Waals surface area contributed by atoms with Gasteiger partial charge in [0.25, 0.3) is 0 Å². The summed E-state index contributed by atoms with van der Waals surface area (Å²) in [5.41, 5.74) is 2.34. The second-order valence-electron chi connectivity index (χ2n) is 5.24. The third kappa shape index (κ3) is 1.54. The molecule has 3 rings (SSSR count). The van der Waals surface area contributed by atoms with Gasteiger partial charge in [-0.05, 0) is 13.0 Å². The Morgan fingerprint density at radius 1 is 1.38 bits per heavy atom. The molecule has 1 aromatic heterocycles. The van der Waals surface area contributed by atoms with Gasteiger partial charge in [-0.1, -0.05) is 5.16 Å². The van der Waals surface area contributed by atoms with Gasteiger partial charge in [-0.25, -0.2) is 0 Å². The lowest BCUT2D eigenvalue weighted by Crippen LogP contribution is -3.00. The van der Waals surface area contributed by atoms with Gasteiger partial charge in [-0.2, -0.15) is 0 Å². The summed E-state index contributed by atoms with van der Waals surface area (Å²) in [6.45, 7) is 1.97. The van der Waals surface area contributed by atoms with Crippen LogP contribution in [0.3, 0.4) is 0 Å². The lowest BCUT2D eigenvalue weighted by atomic mass is 9.97. The molecular formula is C12H17IN2O. The van der Waals surface area contributed by atoms with Gasteiger partial charge >= 0.3 is 0 Å². The standard InChI is InChI=1S/C12H17N2O.HI/c1-8-6-12(15-13-8)10-7-9-4-5-11(10)14(9,2)3;/h6-7,9,11H,4-5H2,1-3H3;1H/q+1;/p-1. The Bertz CT molecular complexity index is 436. The lowest BCUT2D eigenvalue weighted by molar-refractivity contribution is -0.906. The van der Waals surface area contributed by atoms with Crippen molar-refractivity contribution < 1.29 is 33.0 Å². The summed E-state index contributed by atoms with van der Waals surface area (Å²) < 4.78 is 6.46. The molecule has 2 bridgehead atoms. The number of fused-ring (bicyclic) bond motifs is 2. The molecule has 1 fully saturated rings. The van der Waals surface area contributed by atoms with E-state index in [0.717, 1.165) is 15.9 Å². The van der Waals surface area contributed by atoms with Crippen LogP contribution in [0.4, 0.5) is 0 Å². The molecule has 0 spiro atoms. The Morgan fingerprint density at radius 2 is 2.12 bits per heavy atom. The summed E-state index contributed by atoms with van der Waals surface area (Å²) in [5, 5.41) is 3.97. The van der Waals surface area contributed by atoms with Crippen LogP contribution in [0.1, 0.15) is 24.3 Å². The Balaban J connectivity index is 0.000000963. The van der Waals surface area contributed by atoms with Crippen LogP contribution >= 0.6 is 0 Å². The van der Waals surface area contributed by atoms with E-state index in [2.05, 4.69) is 25.3 Å². The van der Waals surface area contributed by atoms with Crippen LogP contribution in [0.15, 0.2) is 16.7 Å². The molecule has 0 radical (unpaired) electrons. The lowest BCUT2D eigenvalue weighted by Gasteiger charge is -2.30. The van der Waals surface area contributed by atoms with Crippen LogP contribution in [0.25, 0.3) is 5.57 Å². The molecule has 3 nitrogen and oxygen atoms in total. The second kappa shape index (κ2) is 3.84. The number of quaternary nitrogens is 1. The molecule has 1 aromatic rings. The van der Waals surface area contributed by atoms with Gasteiger partial charge in [0.1, 0.15) is 12.1 Å². The zero-order valence-electron chi connectivity index (χ0n) is 9.90. The molecule has 0 saturated carbocycles. The normalized spacial score (nSPS) is 30.1. The van der Waals surface area contributed by atoms with Crippen LogP contribution in [0, 0.1) is 6.92 Å². The van der Waals surface area contributed by atoms with Gasteiger partial charge < -0.3 is 33.0 Å². The number of rotatable bonds is 1. The number of aryl methyl sites for hydroxylation is 1. The molecule has 2 unspecified atom stereocenters. The van der Waals surface area contributed by atoms with E-state index in [1.165, 1.54) is 18.4 Å². The van der Waals surface area contributed by atoms with E-state index in [0.29, 0.717) is 12.1 Å². The summed E-state index contributed by atoms with van der Waals surface area (Å²) in [4.78, 5) is 0. The van der Waals surface area contributed by atoms with Crippen molar-refractivity contribution in [2.75, 3.05) is 14.1 Å². The molecule has 2 aliphatic rings. The molecule has 0 aromatic carbocycles. The number of hydrogen-bond donors (Lipinski definition) is 0. The summed E-state index contributed by atoms with van der Waals surface area (Å²) >= 11 is 0. The third-order valence-corrected chi connectivity index (χ3v) is 4.04. The first-order chi connectivity index (χ1) is 7.09. The number of nitrogens with zero attached hydrogens (tertiary/aromatic N) is 2. The number of likely N-dealkylation sites (N-methyl/N-ethyl adjacent to an activating group) is 1. The molecule has 3 heterocycles. The Hall–Kier alpha value is -0.360. The maximum Gasteiger partial charge on any atom is 0.168 e. The van der Waals surface area contributed by atoms with E-state index in [9.17, 15) is 0 Å². The van der Waals surface area contributed by atoms with Crippen LogP contribution in [-0.4, -0.2) is 35.8 Å². The van der Waals surface area contributed by atoms with Crippen molar-refractivity contribution in [1.29, 1.82) is 0 Å². The van der Waals surface area contributed by atoms with Crippen LogP contribution < -0.4 is 24.0 Å². The molecule has 4 heteroatoms. The molecular weight excluding hydrogens is 315 g/mol. The van der Waals surface area contributed by atoms with Crippen molar-refractivity contribution in [3.8, 4) is 0 Å². The molecule has 1 saturated heterocycles. The first-order valence-electron chi connectivity index (χ1n) is 5.58. The van der Waals surface area contributed by atoms with Crippen molar-refractivity contribution in [1.82, 2.24) is 5.16 Å². The average Bonchev–Trinajstić information content (AvgIpc) is 2.80. The van der Waals surface area contributed by atoms with E-state index < -0.39 is 0 Å². The van der Waals surface area contributed by atoms with Crippen molar-refractivity contribution in [2.24, 2.45) is 0 Å². The van der Waals surface area contributed by atoms with E-state index >= 15 is 0 Å². The minimum absolute atomic E-state index is 0. The van der Waals surface area contributed by atoms with Crippen molar-refractivity contribution >= 4 is 5.57 Å². The number of halogens is 1. The monoisotopic (exact) mass is 332 g/mol. The summed E-state index contributed by atoms with van der Waals surface area (Å²) in [6, 6.07) is 3.34. The highest BCUT2D eigenvalue weighted by Crippen LogP contribution is 2.45. The fourth-order valence-electron chi connectivity index (χ4n) is 3.08. The van der Waals surface area contributed by atoms with E-state index in [1.807, 2.05) is 13.0 Å². The topological polar surface area (TPSA) is 26.0 Å². The maximum absolute atomic E-state index is 5.37. The van der Waals surface area contributed by atoms with Crippen LogP contribution in [0.2, 0.25) is 0 Å². The van der Waals surface area contributed by atoms with Crippen LogP contribution in [-0.2, 0) is 0 Å². The first-order valence-corrected chi connectivity index (χ1v) is 5.58. The largest absolute Gasteiger partial charge is 1.00 e. The van der Waals surface area contributed by atoms with Gasteiger partial charge in [-0.3, -0.25) is 0 Å². The van der Waals surface area contributed by atoms with Crippen LogP contribution in [0.5, 0.6) is 0 Å². The number of aromatic nitrogens is 1. The quantitative estimate of drug-likeness (QED) is 0.487. The van der Waals surface area contributed by atoms with E-state index in [-0.39, 0.29) is 24.0 Å². The Labute approximate surface area is 113 Å².